The zero-order valence-electron chi connectivity index (χ0n) is 5.92. The highest BCUT2D eigenvalue weighted by molar-refractivity contribution is 5.90. The summed E-state index contributed by atoms with van der Waals surface area (Å²) in [7, 11) is 0. The van der Waals surface area contributed by atoms with Crippen molar-refractivity contribution in [1.29, 1.82) is 5.26 Å². The molecular weight excluding hydrogens is 126 g/mol. The summed E-state index contributed by atoms with van der Waals surface area (Å²) < 4.78 is 0. The number of hydrogen-bond donors (Lipinski definition) is 0. The van der Waals surface area contributed by atoms with Gasteiger partial charge in [0, 0.05) is 6.42 Å². The molecule has 0 spiro atoms. The Morgan fingerprint density at radius 1 is 1.80 bits per heavy atom. The van der Waals surface area contributed by atoms with Crippen molar-refractivity contribution in [3.05, 3.63) is 12.2 Å². The molecule has 0 radical (unpaired) electrons. The van der Waals surface area contributed by atoms with Crippen molar-refractivity contribution in [2.24, 2.45) is 5.41 Å². The monoisotopic (exact) mass is 135 g/mol. The van der Waals surface area contributed by atoms with E-state index >= 15 is 0 Å². The molecule has 0 N–H and O–H groups in total. The first kappa shape index (κ1) is 7.01. The lowest BCUT2D eigenvalue weighted by Crippen LogP contribution is -2.16. The Kier molecular flexibility index (Phi) is 1.58. The van der Waals surface area contributed by atoms with Gasteiger partial charge in [0.05, 0.1) is 11.5 Å². The Labute approximate surface area is 60.2 Å². The zero-order chi connectivity index (χ0) is 7.61. The average molecular weight is 135 g/mol. The highest BCUT2D eigenvalue weighted by Gasteiger charge is 2.24. The molecule has 1 rings (SSSR count). The van der Waals surface area contributed by atoms with Crippen LogP contribution in [-0.2, 0) is 4.79 Å². The summed E-state index contributed by atoms with van der Waals surface area (Å²) in [5.74, 6) is 0.132. The number of carbonyl (C=O) groups excluding carboxylic acids is 1. The topological polar surface area (TPSA) is 40.9 Å². The summed E-state index contributed by atoms with van der Waals surface area (Å²) in [6.07, 6.45) is 4.38. The molecular formula is C8H9NO. The predicted octanol–water partition coefficient (Wildman–Crippen LogP) is 1.44. The number of allylic oxidation sites excluding steroid dienone is 2. The third-order valence-electron chi connectivity index (χ3n) is 1.78. The molecule has 1 aliphatic rings. The Balaban J connectivity index is 2.80. The van der Waals surface area contributed by atoms with Gasteiger partial charge in [0.25, 0.3) is 0 Å². The van der Waals surface area contributed by atoms with Gasteiger partial charge in [-0.15, -0.1) is 0 Å². The second kappa shape index (κ2) is 2.26. The fraction of sp³-hybridized carbons (Fsp3) is 0.500. The normalized spacial score (nSPS) is 31.8. The first-order valence-electron chi connectivity index (χ1n) is 3.30. The highest BCUT2D eigenvalue weighted by atomic mass is 16.1. The summed E-state index contributed by atoms with van der Waals surface area (Å²) in [5.41, 5.74) is -0.395. The molecule has 0 amide bonds. The molecule has 0 aliphatic heterocycles. The molecule has 0 aromatic heterocycles. The first-order chi connectivity index (χ1) is 4.66. The maximum Gasteiger partial charge on any atom is 0.155 e. The van der Waals surface area contributed by atoms with Crippen molar-refractivity contribution in [3.63, 3.8) is 0 Å². The minimum atomic E-state index is -0.395. The van der Waals surface area contributed by atoms with Crippen molar-refractivity contribution in [2.45, 2.75) is 19.8 Å². The molecule has 0 heterocycles. The maximum atomic E-state index is 10.7. The summed E-state index contributed by atoms with van der Waals surface area (Å²) in [4.78, 5) is 10.7. The van der Waals surface area contributed by atoms with E-state index in [1.807, 2.05) is 6.92 Å². The van der Waals surface area contributed by atoms with Crippen molar-refractivity contribution in [2.75, 3.05) is 0 Å². The molecule has 0 aromatic rings. The number of hydrogen-bond acceptors (Lipinski definition) is 2. The van der Waals surface area contributed by atoms with Crippen LogP contribution in [0.4, 0.5) is 0 Å². The van der Waals surface area contributed by atoms with Crippen LogP contribution in [0.2, 0.25) is 0 Å². The largest absolute Gasteiger partial charge is 0.295 e. The molecule has 10 heavy (non-hydrogen) atoms. The highest BCUT2D eigenvalue weighted by Crippen LogP contribution is 2.27. The van der Waals surface area contributed by atoms with Gasteiger partial charge >= 0.3 is 0 Å². The predicted molar refractivity (Wildman–Crippen MR) is 37.1 cm³/mol. The van der Waals surface area contributed by atoms with Gasteiger partial charge in [0.15, 0.2) is 5.78 Å². The van der Waals surface area contributed by atoms with E-state index in [0.29, 0.717) is 12.8 Å². The quantitative estimate of drug-likeness (QED) is 0.504. The smallest absolute Gasteiger partial charge is 0.155 e. The van der Waals surface area contributed by atoms with Crippen molar-refractivity contribution in [3.8, 4) is 6.07 Å². The van der Waals surface area contributed by atoms with Crippen LogP contribution in [0.1, 0.15) is 19.8 Å². The van der Waals surface area contributed by atoms with E-state index in [9.17, 15) is 4.79 Å². The first-order valence-corrected chi connectivity index (χ1v) is 3.30. The van der Waals surface area contributed by atoms with Crippen LogP contribution >= 0.6 is 0 Å². The lowest BCUT2D eigenvalue weighted by Gasteiger charge is -2.18. The molecule has 0 unspecified atom stereocenters. The van der Waals surface area contributed by atoms with Gasteiger partial charge in [-0.05, 0) is 19.4 Å². The van der Waals surface area contributed by atoms with Crippen molar-refractivity contribution >= 4 is 5.78 Å². The minimum absolute atomic E-state index is 0.132. The number of rotatable bonds is 0. The molecule has 0 fully saturated rings. The third kappa shape index (κ3) is 1.24. The van der Waals surface area contributed by atoms with E-state index in [2.05, 4.69) is 6.07 Å². The summed E-state index contributed by atoms with van der Waals surface area (Å²) in [6.45, 7) is 1.84. The molecule has 0 saturated heterocycles. The number of nitriles is 1. The molecule has 52 valence electrons. The average Bonchev–Trinajstić information content (AvgIpc) is 1.96. The van der Waals surface area contributed by atoms with Crippen LogP contribution < -0.4 is 0 Å². The van der Waals surface area contributed by atoms with E-state index in [-0.39, 0.29) is 5.78 Å². The van der Waals surface area contributed by atoms with E-state index in [0.717, 1.165) is 0 Å². The van der Waals surface area contributed by atoms with Crippen LogP contribution in [-0.4, -0.2) is 5.78 Å². The number of nitrogens with zero attached hydrogens (tertiary/aromatic N) is 1. The van der Waals surface area contributed by atoms with Gasteiger partial charge in [-0.2, -0.15) is 5.26 Å². The molecule has 0 saturated carbocycles. The molecule has 1 atom stereocenters. The lowest BCUT2D eigenvalue weighted by atomic mass is 9.82. The van der Waals surface area contributed by atoms with E-state index in [1.165, 1.54) is 6.08 Å². The van der Waals surface area contributed by atoms with Crippen LogP contribution in [0.25, 0.3) is 0 Å². The van der Waals surface area contributed by atoms with Crippen LogP contribution in [0.3, 0.4) is 0 Å². The maximum absolute atomic E-state index is 10.7. The summed E-state index contributed by atoms with van der Waals surface area (Å²) in [6, 6.07) is 2.16. The van der Waals surface area contributed by atoms with Gasteiger partial charge in [-0.3, -0.25) is 4.79 Å². The molecule has 0 aromatic carbocycles. The molecule has 2 nitrogen and oxygen atoms in total. The fourth-order valence-electron chi connectivity index (χ4n) is 0.920. The van der Waals surface area contributed by atoms with Crippen molar-refractivity contribution < 1.29 is 4.79 Å². The second-order valence-electron chi connectivity index (χ2n) is 2.83. The van der Waals surface area contributed by atoms with Gasteiger partial charge in [-0.1, -0.05) is 6.08 Å². The zero-order valence-corrected chi connectivity index (χ0v) is 5.92. The van der Waals surface area contributed by atoms with Crippen LogP contribution in [0.15, 0.2) is 12.2 Å². The third-order valence-corrected chi connectivity index (χ3v) is 1.78. The van der Waals surface area contributed by atoms with E-state index in [4.69, 9.17) is 5.26 Å². The molecule has 1 aliphatic carbocycles. The Morgan fingerprint density at radius 2 is 2.50 bits per heavy atom. The van der Waals surface area contributed by atoms with Gasteiger partial charge < -0.3 is 0 Å². The van der Waals surface area contributed by atoms with Crippen LogP contribution in [0.5, 0.6) is 0 Å². The van der Waals surface area contributed by atoms with Crippen molar-refractivity contribution in [1.82, 2.24) is 0 Å². The van der Waals surface area contributed by atoms with Gasteiger partial charge in [-0.25, -0.2) is 0 Å². The number of ketones is 1. The second-order valence-corrected chi connectivity index (χ2v) is 2.83. The number of carbonyl (C=O) groups is 1. The fourth-order valence-corrected chi connectivity index (χ4v) is 0.920. The summed E-state index contributed by atoms with van der Waals surface area (Å²) >= 11 is 0. The minimum Gasteiger partial charge on any atom is -0.295 e. The SMILES string of the molecule is C[C@@]1(C#N)C=CC(=O)CC1. The lowest BCUT2D eigenvalue weighted by molar-refractivity contribution is -0.115. The molecule has 2 heteroatoms. The standard InChI is InChI=1S/C8H9NO/c1-8(6-9)4-2-7(10)3-5-8/h2,4H,3,5H2,1H3/t8-/m1/s1. The Morgan fingerprint density at radius 3 is 2.90 bits per heavy atom. The molecule has 0 bridgehead atoms. The van der Waals surface area contributed by atoms with Gasteiger partial charge in [0.1, 0.15) is 0 Å². The Hall–Kier alpha value is -1.10. The van der Waals surface area contributed by atoms with Crippen LogP contribution in [0, 0.1) is 16.7 Å². The summed E-state index contributed by atoms with van der Waals surface area (Å²) in [5, 5.41) is 8.62. The Bertz CT molecular complexity index is 224. The van der Waals surface area contributed by atoms with E-state index < -0.39 is 5.41 Å². The van der Waals surface area contributed by atoms with E-state index in [1.54, 1.807) is 6.08 Å². The van der Waals surface area contributed by atoms with Gasteiger partial charge in [0.2, 0.25) is 0 Å².